The van der Waals surface area contributed by atoms with Crippen LogP contribution in [0.5, 0.6) is 5.75 Å². The maximum Gasteiger partial charge on any atom is 0.411 e. The Morgan fingerprint density at radius 2 is 1.70 bits per heavy atom. The Bertz CT molecular complexity index is 1400. The molecule has 46 heavy (non-hydrogen) atoms. The zero-order valence-electron chi connectivity index (χ0n) is 27.4. The van der Waals surface area contributed by atoms with Crippen molar-refractivity contribution in [3.63, 3.8) is 0 Å². The van der Waals surface area contributed by atoms with Gasteiger partial charge in [-0.25, -0.2) is 9.59 Å². The van der Waals surface area contributed by atoms with E-state index in [1.54, 1.807) is 4.90 Å². The number of para-hydroxylation sites is 1. The molecular weight excluding hydrogens is 582 g/mol. The van der Waals surface area contributed by atoms with Crippen LogP contribution < -0.4 is 5.32 Å². The highest BCUT2D eigenvalue weighted by molar-refractivity contribution is 5.91. The lowest BCUT2D eigenvalue weighted by molar-refractivity contribution is -0.130. The van der Waals surface area contributed by atoms with Crippen LogP contribution in [0.1, 0.15) is 73.6 Å². The van der Waals surface area contributed by atoms with Gasteiger partial charge in [0.1, 0.15) is 24.3 Å². The molecule has 10 heteroatoms. The number of piperazine rings is 1. The summed E-state index contributed by atoms with van der Waals surface area (Å²) in [7, 11) is 0. The van der Waals surface area contributed by atoms with E-state index in [0.29, 0.717) is 32.0 Å². The lowest BCUT2D eigenvalue weighted by atomic mass is 9.85. The first-order valence-corrected chi connectivity index (χ1v) is 17.1. The first-order valence-electron chi connectivity index (χ1n) is 17.1. The van der Waals surface area contributed by atoms with Gasteiger partial charge < -0.3 is 24.9 Å². The average molecular weight is 632 g/mol. The maximum atomic E-state index is 14.0. The van der Waals surface area contributed by atoms with E-state index >= 15 is 0 Å². The molecule has 3 amide bonds. The van der Waals surface area contributed by atoms with Crippen molar-refractivity contribution in [2.24, 2.45) is 0 Å². The van der Waals surface area contributed by atoms with Crippen LogP contribution in [0.15, 0.2) is 36.4 Å². The summed E-state index contributed by atoms with van der Waals surface area (Å²) in [6.45, 7) is 7.96. The standard InChI is InChI=1S/C36H49N5O5/c1-26-22-28(23-27(2)33(26)43)25-46-35(45)41-16-13-31(40-15-12-29-8-6-7-11-32(29)37-34(40)44)24-36(41,14-21-42)39-19-17-38(18-20-39)30-9-4-3-5-10-30/h6-8,11,21-23,30-31,43H,3-5,9-10,12-20,24-25H2,1-2H3,(H,37,44)/t31-,36+/m1/s1. The van der Waals surface area contributed by atoms with Crippen LogP contribution in [0.25, 0.3) is 0 Å². The number of amides is 3. The molecule has 2 aromatic rings. The average Bonchev–Trinajstić information content (AvgIpc) is 3.24. The van der Waals surface area contributed by atoms with E-state index in [1.165, 1.54) is 32.1 Å². The van der Waals surface area contributed by atoms with Crippen LogP contribution in [-0.2, 0) is 22.6 Å². The predicted molar refractivity (Wildman–Crippen MR) is 177 cm³/mol. The molecule has 10 nitrogen and oxygen atoms in total. The molecule has 3 fully saturated rings. The molecule has 0 bridgehead atoms. The molecule has 3 aliphatic heterocycles. The van der Waals surface area contributed by atoms with Crippen LogP contribution in [0.4, 0.5) is 15.3 Å². The molecule has 4 aliphatic rings. The lowest BCUT2D eigenvalue weighted by Gasteiger charge is -2.57. The van der Waals surface area contributed by atoms with Crippen molar-refractivity contribution in [3.8, 4) is 5.75 Å². The fourth-order valence-corrected chi connectivity index (χ4v) is 8.40. The summed E-state index contributed by atoms with van der Waals surface area (Å²) >= 11 is 0. The highest BCUT2D eigenvalue weighted by Crippen LogP contribution is 2.39. The number of piperidine rings is 1. The van der Waals surface area contributed by atoms with Gasteiger partial charge in [-0.1, -0.05) is 37.5 Å². The van der Waals surface area contributed by atoms with Crippen molar-refractivity contribution in [2.75, 3.05) is 44.6 Å². The third kappa shape index (κ3) is 6.60. The van der Waals surface area contributed by atoms with Crippen LogP contribution in [0.3, 0.4) is 0 Å². The second kappa shape index (κ2) is 14.0. The number of fused-ring (bicyclic) bond motifs is 1. The van der Waals surface area contributed by atoms with E-state index in [9.17, 15) is 19.5 Å². The van der Waals surface area contributed by atoms with Crippen molar-refractivity contribution in [2.45, 2.75) is 96.0 Å². The minimum atomic E-state index is -0.902. The molecule has 0 aromatic heterocycles. The number of phenols is 1. The fraction of sp³-hybridized carbons (Fsp3) is 0.583. The normalized spacial score (nSPS) is 25.0. The van der Waals surface area contributed by atoms with Crippen LogP contribution in [-0.4, -0.2) is 100 Å². The number of nitrogens with one attached hydrogen (secondary N) is 1. The summed E-state index contributed by atoms with van der Waals surface area (Å²) < 4.78 is 5.95. The number of carbonyl (C=O) groups is 3. The first-order chi connectivity index (χ1) is 22.3. The highest BCUT2D eigenvalue weighted by Gasteiger charge is 2.52. The molecule has 0 spiro atoms. The summed E-state index contributed by atoms with van der Waals surface area (Å²) in [6.07, 6.45) is 8.79. The molecule has 1 saturated carbocycles. The molecular formula is C36H49N5O5. The first kappa shape index (κ1) is 32.3. The number of hydrogen-bond donors (Lipinski definition) is 2. The highest BCUT2D eigenvalue weighted by atomic mass is 16.6. The number of likely N-dealkylation sites (tertiary alicyclic amines) is 1. The number of ether oxygens (including phenoxy) is 1. The Kier molecular flexibility index (Phi) is 9.84. The number of aldehydes is 1. The number of hydrogen-bond acceptors (Lipinski definition) is 7. The van der Waals surface area contributed by atoms with E-state index in [0.717, 1.165) is 66.8 Å². The summed E-state index contributed by atoms with van der Waals surface area (Å²) in [5.41, 5.74) is 3.32. The topological polar surface area (TPSA) is 106 Å². The van der Waals surface area contributed by atoms with Gasteiger partial charge in [0.15, 0.2) is 0 Å². The number of carbonyl (C=O) groups excluding carboxylic acids is 3. The van der Waals surface area contributed by atoms with E-state index in [2.05, 4.69) is 21.2 Å². The zero-order chi connectivity index (χ0) is 32.3. The van der Waals surface area contributed by atoms with Crippen molar-refractivity contribution in [3.05, 3.63) is 58.7 Å². The van der Waals surface area contributed by atoms with E-state index < -0.39 is 11.8 Å². The van der Waals surface area contributed by atoms with Crippen molar-refractivity contribution < 1.29 is 24.2 Å². The molecule has 2 saturated heterocycles. The number of anilines is 1. The molecule has 2 atom stereocenters. The number of nitrogens with zero attached hydrogens (tertiary/aromatic N) is 4. The largest absolute Gasteiger partial charge is 0.507 e. The molecule has 2 aromatic carbocycles. The van der Waals surface area contributed by atoms with Gasteiger partial charge in [-0.05, 0) is 80.0 Å². The number of benzene rings is 2. The second-order valence-electron chi connectivity index (χ2n) is 13.6. The van der Waals surface area contributed by atoms with Gasteiger partial charge in [0.25, 0.3) is 0 Å². The van der Waals surface area contributed by atoms with Gasteiger partial charge in [0, 0.05) is 69.9 Å². The fourth-order valence-electron chi connectivity index (χ4n) is 8.40. The SMILES string of the molecule is Cc1cc(COC(=O)N2CC[C@@H](N3CCc4ccccc4NC3=O)C[C@@]2(CC=O)N2CCN(C3CCCCC3)CC2)cc(C)c1O. The summed E-state index contributed by atoms with van der Waals surface area (Å²) in [5, 5.41) is 13.3. The van der Waals surface area contributed by atoms with E-state index in [4.69, 9.17) is 4.74 Å². The number of urea groups is 1. The third-order valence-corrected chi connectivity index (χ3v) is 10.9. The van der Waals surface area contributed by atoms with Gasteiger partial charge in [0.2, 0.25) is 0 Å². The molecule has 0 unspecified atom stereocenters. The summed E-state index contributed by atoms with van der Waals surface area (Å²) in [6, 6.07) is 11.9. The second-order valence-corrected chi connectivity index (χ2v) is 13.6. The Balaban J connectivity index is 1.24. The number of rotatable bonds is 7. The number of aryl methyl sites for hydroxylation is 2. The Morgan fingerprint density at radius 1 is 0.978 bits per heavy atom. The minimum absolute atomic E-state index is 0.0696. The van der Waals surface area contributed by atoms with E-state index in [1.807, 2.05) is 49.1 Å². The number of aromatic hydroxyl groups is 1. The van der Waals surface area contributed by atoms with Crippen LogP contribution in [0, 0.1) is 13.8 Å². The molecule has 248 valence electrons. The Hall–Kier alpha value is -3.63. The minimum Gasteiger partial charge on any atom is -0.507 e. The van der Waals surface area contributed by atoms with Crippen molar-refractivity contribution >= 4 is 24.1 Å². The third-order valence-electron chi connectivity index (χ3n) is 10.9. The van der Waals surface area contributed by atoms with Crippen molar-refractivity contribution in [1.82, 2.24) is 19.6 Å². The van der Waals surface area contributed by atoms with Gasteiger partial charge in [0.05, 0.1) is 0 Å². The molecule has 1 aliphatic carbocycles. The zero-order valence-corrected chi connectivity index (χ0v) is 27.4. The smallest absolute Gasteiger partial charge is 0.411 e. The van der Waals surface area contributed by atoms with Gasteiger partial charge in [-0.15, -0.1) is 0 Å². The summed E-state index contributed by atoms with van der Waals surface area (Å²) in [5.74, 6) is 0.246. The Morgan fingerprint density at radius 3 is 2.41 bits per heavy atom. The molecule has 2 N–H and O–H groups in total. The molecule has 6 rings (SSSR count). The summed E-state index contributed by atoms with van der Waals surface area (Å²) in [4.78, 5) is 48.7. The van der Waals surface area contributed by atoms with Gasteiger partial charge >= 0.3 is 12.1 Å². The lowest BCUT2D eigenvalue weighted by Crippen LogP contribution is -2.71. The molecule has 0 radical (unpaired) electrons. The van der Waals surface area contributed by atoms with Crippen LogP contribution >= 0.6 is 0 Å². The Labute approximate surface area is 272 Å². The predicted octanol–water partition coefficient (Wildman–Crippen LogP) is 5.44. The molecule has 3 heterocycles. The van der Waals surface area contributed by atoms with Gasteiger partial charge in [-0.3, -0.25) is 14.7 Å². The van der Waals surface area contributed by atoms with Crippen molar-refractivity contribution in [1.29, 1.82) is 0 Å². The van der Waals surface area contributed by atoms with Gasteiger partial charge in [-0.2, -0.15) is 0 Å². The monoisotopic (exact) mass is 631 g/mol. The quantitative estimate of drug-likeness (QED) is 0.393. The number of phenolic OH excluding ortho intramolecular Hbond substituents is 1. The van der Waals surface area contributed by atoms with Crippen LogP contribution in [0.2, 0.25) is 0 Å². The maximum absolute atomic E-state index is 14.0. The van der Waals surface area contributed by atoms with E-state index in [-0.39, 0.29) is 30.9 Å².